The van der Waals surface area contributed by atoms with Crippen LogP contribution in [0.5, 0.6) is 11.5 Å². The number of nitrogens with zero attached hydrogens (tertiary/aromatic N) is 3. The van der Waals surface area contributed by atoms with E-state index in [2.05, 4.69) is 33.1 Å². The van der Waals surface area contributed by atoms with Gasteiger partial charge in [-0.2, -0.15) is 5.26 Å². The SMILES string of the molecule is CCOc1cc2ncc(C#N)c(Nc3ccc(OCC4C=CCCN4)c(F)c3)c2cc1NC(=O)CCCN(C)C. The zero-order valence-electron chi connectivity index (χ0n) is 23.1. The highest BCUT2D eigenvalue weighted by Gasteiger charge is 2.17. The third-order valence-corrected chi connectivity index (χ3v) is 6.38. The molecular formula is C30H35FN6O3. The van der Waals surface area contributed by atoms with Gasteiger partial charge in [-0.1, -0.05) is 12.2 Å². The molecule has 40 heavy (non-hydrogen) atoms. The van der Waals surface area contributed by atoms with Gasteiger partial charge in [-0.15, -0.1) is 0 Å². The van der Waals surface area contributed by atoms with Crippen molar-refractivity contribution in [1.29, 1.82) is 5.26 Å². The summed E-state index contributed by atoms with van der Waals surface area (Å²) >= 11 is 0. The number of nitriles is 1. The molecule has 1 aliphatic rings. The largest absolute Gasteiger partial charge is 0.492 e. The Bertz CT molecular complexity index is 1420. The van der Waals surface area contributed by atoms with Gasteiger partial charge in [-0.3, -0.25) is 9.78 Å². The number of pyridine rings is 1. The molecule has 0 spiro atoms. The smallest absolute Gasteiger partial charge is 0.224 e. The van der Waals surface area contributed by atoms with Crippen molar-refractivity contribution in [3.63, 3.8) is 0 Å². The first-order valence-corrected chi connectivity index (χ1v) is 13.4. The maximum atomic E-state index is 15.0. The summed E-state index contributed by atoms with van der Waals surface area (Å²) in [5.41, 5.74) is 2.19. The minimum atomic E-state index is -0.522. The second kappa shape index (κ2) is 13.7. The number of amides is 1. The highest BCUT2D eigenvalue weighted by molar-refractivity contribution is 6.02. The summed E-state index contributed by atoms with van der Waals surface area (Å²) in [6.07, 6.45) is 7.59. The molecule has 3 aromatic rings. The Morgan fingerprint density at radius 3 is 2.80 bits per heavy atom. The van der Waals surface area contributed by atoms with Gasteiger partial charge in [0.2, 0.25) is 5.91 Å². The lowest BCUT2D eigenvalue weighted by atomic mass is 10.1. The molecule has 0 aliphatic carbocycles. The third-order valence-electron chi connectivity index (χ3n) is 6.38. The molecule has 1 atom stereocenters. The van der Waals surface area contributed by atoms with Crippen LogP contribution in [0.15, 0.2) is 48.7 Å². The lowest BCUT2D eigenvalue weighted by Crippen LogP contribution is -2.35. The highest BCUT2D eigenvalue weighted by atomic mass is 19.1. The number of ether oxygens (including phenoxy) is 2. The molecule has 0 radical (unpaired) electrons. The quantitative estimate of drug-likeness (QED) is 0.273. The minimum absolute atomic E-state index is 0.0385. The summed E-state index contributed by atoms with van der Waals surface area (Å²) in [5.74, 6) is -0.0374. The van der Waals surface area contributed by atoms with E-state index >= 15 is 0 Å². The number of aromatic nitrogens is 1. The van der Waals surface area contributed by atoms with E-state index in [1.807, 2.05) is 32.0 Å². The van der Waals surface area contributed by atoms with E-state index in [1.54, 1.807) is 24.3 Å². The number of hydrogen-bond acceptors (Lipinski definition) is 8. The number of nitrogens with one attached hydrogen (secondary N) is 3. The van der Waals surface area contributed by atoms with Crippen molar-refractivity contribution in [3.8, 4) is 17.6 Å². The van der Waals surface area contributed by atoms with Gasteiger partial charge in [-0.05, 0) is 65.1 Å². The number of rotatable bonds is 12. The molecule has 0 saturated carbocycles. The molecular weight excluding hydrogens is 511 g/mol. The fraction of sp³-hybridized carbons (Fsp3) is 0.367. The Morgan fingerprint density at radius 2 is 2.10 bits per heavy atom. The van der Waals surface area contributed by atoms with Gasteiger partial charge in [0.25, 0.3) is 0 Å². The first kappa shape index (κ1) is 28.8. The molecule has 1 amide bonds. The first-order valence-electron chi connectivity index (χ1n) is 13.4. The average Bonchev–Trinajstić information content (AvgIpc) is 2.94. The van der Waals surface area contributed by atoms with E-state index in [9.17, 15) is 14.4 Å². The average molecular weight is 547 g/mol. The third kappa shape index (κ3) is 7.46. The number of halogens is 1. The van der Waals surface area contributed by atoms with Crippen LogP contribution in [0, 0.1) is 17.1 Å². The van der Waals surface area contributed by atoms with Gasteiger partial charge in [0.05, 0.1) is 35.1 Å². The van der Waals surface area contributed by atoms with E-state index < -0.39 is 5.82 Å². The number of fused-ring (bicyclic) bond motifs is 1. The monoisotopic (exact) mass is 546 g/mol. The van der Waals surface area contributed by atoms with Crippen molar-refractivity contribution in [1.82, 2.24) is 15.2 Å². The molecule has 1 unspecified atom stereocenters. The standard InChI is InChI=1S/C30H35FN6O3/c1-4-39-28-16-25-23(15-26(28)36-29(38)9-7-13-37(2)3)30(20(17-32)18-34-25)35-21-10-11-27(24(31)14-21)40-19-22-8-5-6-12-33-22/h5,8,10-11,14-16,18,22,33H,4,6-7,9,12-13,19H2,1-3H3,(H,34,35)(H,36,38). The van der Waals surface area contributed by atoms with Crippen LogP contribution in [0.2, 0.25) is 0 Å². The Kier molecular flexibility index (Phi) is 9.89. The number of anilines is 3. The van der Waals surface area contributed by atoms with Crippen molar-refractivity contribution in [3.05, 3.63) is 60.1 Å². The molecule has 4 rings (SSSR count). The van der Waals surface area contributed by atoms with Crippen LogP contribution in [-0.2, 0) is 4.79 Å². The maximum absolute atomic E-state index is 15.0. The first-order chi connectivity index (χ1) is 19.4. The topological polar surface area (TPSA) is 112 Å². The molecule has 210 valence electrons. The summed E-state index contributed by atoms with van der Waals surface area (Å²) in [6.45, 7) is 4.24. The van der Waals surface area contributed by atoms with E-state index in [-0.39, 0.29) is 23.3 Å². The predicted molar refractivity (Wildman–Crippen MR) is 155 cm³/mol. The lowest BCUT2D eigenvalue weighted by molar-refractivity contribution is -0.116. The predicted octanol–water partition coefficient (Wildman–Crippen LogP) is 4.97. The maximum Gasteiger partial charge on any atom is 0.224 e. The van der Waals surface area contributed by atoms with Crippen molar-refractivity contribution in [2.45, 2.75) is 32.2 Å². The van der Waals surface area contributed by atoms with E-state index in [4.69, 9.17) is 9.47 Å². The van der Waals surface area contributed by atoms with Crippen LogP contribution in [-0.4, -0.2) is 62.2 Å². The Hall–Kier alpha value is -4.20. The summed E-state index contributed by atoms with van der Waals surface area (Å²) in [5, 5.41) is 19.8. The van der Waals surface area contributed by atoms with E-state index in [1.165, 1.54) is 12.3 Å². The van der Waals surface area contributed by atoms with Crippen LogP contribution in [0.25, 0.3) is 10.9 Å². The molecule has 10 heteroatoms. The Labute approximate surface area is 234 Å². The number of carbonyl (C=O) groups is 1. The van der Waals surface area contributed by atoms with Gasteiger partial charge >= 0.3 is 0 Å². The molecule has 9 nitrogen and oxygen atoms in total. The second-order valence-electron chi connectivity index (χ2n) is 9.77. The molecule has 1 aliphatic heterocycles. The molecule has 1 aromatic heterocycles. The van der Waals surface area contributed by atoms with Crippen molar-refractivity contribution in [2.75, 3.05) is 51.0 Å². The van der Waals surface area contributed by atoms with Gasteiger partial charge in [0, 0.05) is 35.8 Å². The van der Waals surface area contributed by atoms with Crippen LogP contribution in [0.4, 0.5) is 21.5 Å². The number of carbonyl (C=O) groups excluding carboxylic acids is 1. The van der Waals surface area contributed by atoms with E-state index in [0.717, 1.165) is 19.5 Å². The number of hydrogen-bond donors (Lipinski definition) is 3. The molecule has 0 saturated heterocycles. The van der Waals surface area contributed by atoms with E-state index in [0.29, 0.717) is 59.8 Å². The van der Waals surface area contributed by atoms with Crippen molar-refractivity contribution < 1.29 is 18.7 Å². The van der Waals surface area contributed by atoms with Crippen LogP contribution in [0.3, 0.4) is 0 Å². The molecule has 2 heterocycles. The zero-order chi connectivity index (χ0) is 28.5. The van der Waals surface area contributed by atoms with Gasteiger partial charge in [0.1, 0.15) is 18.4 Å². The van der Waals surface area contributed by atoms with Gasteiger partial charge in [0.15, 0.2) is 11.6 Å². The van der Waals surface area contributed by atoms with Crippen LogP contribution >= 0.6 is 0 Å². The second-order valence-corrected chi connectivity index (χ2v) is 9.77. The van der Waals surface area contributed by atoms with Crippen LogP contribution < -0.4 is 25.4 Å². The lowest BCUT2D eigenvalue weighted by Gasteiger charge is -2.19. The summed E-state index contributed by atoms with van der Waals surface area (Å²) < 4.78 is 26.4. The number of benzene rings is 2. The van der Waals surface area contributed by atoms with Crippen molar-refractivity contribution in [2.24, 2.45) is 0 Å². The Morgan fingerprint density at radius 1 is 1.25 bits per heavy atom. The van der Waals surface area contributed by atoms with Crippen LogP contribution in [0.1, 0.15) is 31.7 Å². The minimum Gasteiger partial charge on any atom is -0.492 e. The van der Waals surface area contributed by atoms with Gasteiger partial charge in [-0.25, -0.2) is 4.39 Å². The molecule has 0 bridgehead atoms. The molecule has 3 N–H and O–H groups in total. The van der Waals surface area contributed by atoms with Gasteiger partial charge < -0.3 is 30.3 Å². The highest BCUT2D eigenvalue weighted by Crippen LogP contribution is 2.36. The molecule has 0 fully saturated rings. The van der Waals surface area contributed by atoms with Crippen molar-refractivity contribution >= 4 is 33.9 Å². The normalized spacial score (nSPS) is 14.7. The fourth-order valence-corrected chi connectivity index (χ4v) is 4.40. The summed E-state index contributed by atoms with van der Waals surface area (Å²) in [4.78, 5) is 19.1. The zero-order valence-corrected chi connectivity index (χ0v) is 23.1. The Balaban J connectivity index is 1.60. The summed E-state index contributed by atoms with van der Waals surface area (Å²) in [7, 11) is 3.92. The fourth-order valence-electron chi connectivity index (χ4n) is 4.40. The molecule has 2 aromatic carbocycles. The summed E-state index contributed by atoms with van der Waals surface area (Å²) in [6, 6.07) is 10.2.